The number of ether oxygens (including phenoxy) is 1. The van der Waals surface area contributed by atoms with Gasteiger partial charge in [0.15, 0.2) is 5.78 Å². The van der Waals surface area contributed by atoms with Crippen molar-refractivity contribution in [2.45, 2.75) is 32.6 Å². The van der Waals surface area contributed by atoms with E-state index in [0.717, 1.165) is 18.4 Å². The van der Waals surface area contributed by atoms with Gasteiger partial charge in [-0.25, -0.2) is 0 Å². The average Bonchev–Trinajstić information content (AvgIpc) is 2.45. The van der Waals surface area contributed by atoms with Gasteiger partial charge in [0.2, 0.25) is 5.91 Å². The maximum Gasteiger partial charge on any atom is 0.220 e. The minimum Gasteiger partial charge on any atom is -0.385 e. The molecule has 0 radical (unpaired) electrons. The predicted octanol–water partition coefficient (Wildman–Crippen LogP) is 2.50. The third kappa shape index (κ3) is 6.48. The Kier molecular flexibility index (Phi) is 7.58. The van der Waals surface area contributed by atoms with E-state index in [9.17, 15) is 9.59 Å². The van der Waals surface area contributed by atoms with Crippen LogP contribution in [0.5, 0.6) is 0 Å². The first-order chi connectivity index (χ1) is 9.63. The van der Waals surface area contributed by atoms with Crippen molar-refractivity contribution in [2.24, 2.45) is 0 Å². The minimum atomic E-state index is -0.0668. The highest BCUT2D eigenvalue weighted by Gasteiger charge is 2.08. The van der Waals surface area contributed by atoms with E-state index in [0.29, 0.717) is 18.7 Å². The number of ketones is 1. The Morgan fingerprint density at radius 3 is 2.45 bits per heavy atom. The van der Waals surface area contributed by atoms with Crippen LogP contribution in [-0.4, -0.2) is 32.0 Å². The maximum atomic E-state index is 11.9. The first-order valence-corrected chi connectivity index (χ1v) is 6.99. The van der Waals surface area contributed by atoms with E-state index < -0.39 is 0 Å². The van der Waals surface area contributed by atoms with Crippen LogP contribution in [0.15, 0.2) is 24.3 Å². The van der Waals surface area contributed by atoms with E-state index in [-0.39, 0.29) is 24.5 Å². The molecule has 1 amide bonds. The second kappa shape index (κ2) is 9.26. The molecule has 4 nitrogen and oxygen atoms in total. The lowest BCUT2D eigenvalue weighted by molar-refractivity contribution is -0.121. The zero-order valence-electron chi connectivity index (χ0n) is 12.3. The topological polar surface area (TPSA) is 55.4 Å². The lowest BCUT2D eigenvalue weighted by atomic mass is 10.1. The number of carbonyl (C=O) groups is 2. The second-order valence-electron chi connectivity index (χ2n) is 4.84. The first kappa shape index (κ1) is 16.4. The number of methoxy groups -OCH3 is 1. The second-order valence-corrected chi connectivity index (χ2v) is 4.84. The van der Waals surface area contributed by atoms with Crippen molar-refractivity contribution >= 4 is 11.7 Å². The number of Topliss-reactive ketones (excluding diaryl/α,β-unsaturated/α-hetero) is 1. The molecular formula is C16H23NO3. The molecule has 1 aromatic rings. The lowest BCUT2D eigenvalue weighted by Gasteiger charge is -2.05. The van der Waals surface area contributed by atoms with Crippen molar-refractivity contribution in [3.63, 3.8) is 0 Å². The van der Waals surface area contributed by atoms with Crippen molar-refractivity contribution < 1.29 is 14.3 Å². The molecule has 4 heteroatoms. The Balaban J connectivity index is 2.20. The molecule has 0 atom stereocenters. The van der Waals surface area contributed by atoms with Crippen molar-refractivity contribution in [1.82, 2.24) is 5.32 Å². The van der Waals surface area contributed by atoms with E-state index >= 15 is 0 Å². The Morgan fingerprint density at radius 2 is 1.80 bits per heavy atom. The number of unbranched alkanes of at least 4 members (excludes halogenated alkanes) is 1. The summed E-state index contributed by atoms with van der Waals surface area (Å²) in [7, 11) is 1.66. The minimum absolute atomic E-state index is 0.0135. The number of rotatable bonds is 9. The van der Waals surface area contributed by atoms with Crippen LogP contribution in [0, 0.1) is 6.92 Å². The molecule has 1 aromatic carbocycles. The summed E-state index contributed by atoms with van der Waals surface area (Å²) in [4.78, 5) is 23.5. The maximum absolute atomic E-state index is 11.9. The highest BCUT2D eigenvalue weighted by Crippen LogP contribution is 2.07. The van der Waals surface area contributed by atoms with Gasteiger partial charge in [-0.3, -0.25) is 9.59 Å². The molecule has 0 aliphatic carbocycles. The smallest absolute Gasteiger partial charge is 0.220 e. The fourth-order valence-corrected chi connectivity index (χ4v) is 1.80. The summed E-state index contributed by atoms with van der Waals surface area (Å²) >= 11 is 0. The van der Waals surface area contributed by atoms with Crippen molar-refractivity contribution in [3.05, 3.63) is 35.4 Å². The zero-order valence-corrected chi connectivity index (χ0v) is 12.3. The fraction of sp³-hybridized carbons (Fsp3) is 0.500. The van der Waals surface area contributed by atoms with Gasteiger partial charge in [-0.05, 0) is 19.8 Å². The van der Waals surface area contributed by atoms with Gasteiger partial charge in [-0.1, -0.05) is 29.8 Å². The number of amides is 1. The Morgan fingerprint density at radius 1 is 1.10 bits per heavy atom. The normalized spacial score (nSPS) is 10.3. The van der Waals surface area contributed by atoms with Crippen LogP contribution in [0.4, 0.5) is 0 Å². The van der Waals surface area contributed by atoms with Crippen LogP contribution in [0.1, 0.15) is 41.6 Å². The number of hydrogen-bond acceptors (Lipinski definition) is 3. The summed E-state index contributed by atoms with van der Waals surface area (Å²) in [6.07, 6.45) is 2.33. The van der Waals surface area contributed by atoms with Gasteiger partial charge >= 0.3 is 0 Å². The summed E-state index contributed by atoms with van der Waals surface area (Å²) in [5, 5.41) is 2.81. The Bertz CT molecular complexity index is 426. The average molecular weight is 277 g/mol. The number of aryl methyl sites for hydroxylation is 1. The standard InChI is InChI=1S/C16H23NO3/c1-13-5-7-14(8-6-13)15(18)9-10-16(19)17-11-3-4-12-20-2/h5-8H,3-4,9-12H2,1-2H3,(H,17,19). The molecule has 0 saturated carbocycles. The molecule has 0 spiro atoms. The number of carbonyl (C=O) groups excluding carboxylic acids is 2. The van der Waals surface area contributed by atoms with E-state index in [1.54, 1.807) is 19.2 Å². The van der Waals surface area contributed by atoms with Gasteiger partial charge in [0.1, 0.15) is 0 Å². The van der Waals surface area contributed by atoms with Crippen LogP contribution in [0.2, 0.25) is 0 Å². The van der Waals surface area contributed by atoms with Crippen molar-refractivity contribution in [1.29, 1.82) is 0 Å². The van der Waals surface area contributed by atoms with Gasteiger partial charge < -0.3 is 10.1 Å². The highest BCUT2D eigenvalue weighted by molar-refractivity contribution is 5.97. The van der Waals surface area contributed by atoms with Gasteiger partial charge in [0.05, 0.1) is 0 Å². The molecule has 0 unspecified atom stereocenters. The summed E-state index contributed by atoms with van der Waals surface area (Å²) in [5.41, 5.74) is 1.79. The largest absolute Gasteiger partial charge is 0.385 e. The van der Waals surface area contributed by atoms with Gasteiger partial charge in [0, 0.05) is 38.7 Å². The summed E-state index contributed by atoms with van der Waals surface area (Å²) in [5.74, 6) is -0.0533. The van der Waals surface area contributed by atoms with Crippen molar-refractivity contribution in [3.8, 4) is 0 Å². The molecule has 20 heavy (non-hydrogen) atoms. The highest BCUT2D eigenvalue weighted by atomic mass is 16.5. The predicted molar refractivity (Wildman–Crippen MR) is 78.9 cm³/mol. The zero-order chi connectivity index (χ0) is 14.8. The monoisotopic (exact) mass is 277 g/mol. The molecule has 0 fully saturated rings. The number of hydrogen-bond donors (Lipinski definition) is 1. The molecule has 110 valence electrons. The molecular weight excluding hydrogens is 254 g/mol. The SMILES string of the molecule is COCCCCNC(=O)CCC(=O)c1ccc(C)cc1. The molecule has 0 heterocycles. The molecule has 1 rings (SSSR count). The van der Waals surface area contributed by atoms with Crippen LogP contribution < -0.4 is 5.32 Å². The summed E-state index contributed by atoms with van der Waals surface area (Å²) < 4.78 is 4.93. The van der Waals surface area contributed by atoms with Crippen LogP contribution in [0.3, 0.4) is 0 Å². The molecule has 0 aromatic heterocycles. The van der Waals surface area contributed by atoms with E-state index in [1.807, 2.05) is 19.1 Å². The fourth-order valence-electron chi connectivity index (χ4n) is 1.80. The molecule has 0 saturated heterocycles. The molecule has 0 aliphatic rings. The lowest BCUT2D eigenvalue weighted by Crippen LogP contribution is -2.25. The van der Waals surface area contributed by atoms with E-state index in [1.165, 1.54) is 0 Å². The molecule has 1 N–H and O–H groups in total. The molecule has 0 bridgehead atoms. The van der Waals surface area contributed by atoms with Gasteiger partial charge in [-0.15, -0.1) is 0 Å². The molecule has 0 aliphatic heterocycles. The summed E-state index contributed by atoms with van der Waals surface area (Å²) in [6, 6.07) is 7.42. The quantitative estimate of drug-likeness (QED) is 0.557. The number of nitrogens with one attached hydrogen (secondary N) is 1. The van der Waals surface area contributed by atoms with Crippen LogP contribution in [0.25, 0.3) is 0 Å². The van der Waals surface area contributed by atoms with Gasteiger partial charge in [0.25, 0.3) is 0 Å². The Hall–Kier alpha value is -1.68. The summed E-state index contributed by atoms with van der Waals surface area (Å²) in [6.45, 7) is 3.33. The third-order valence-electron chi connectivity index (χ3n) is 3.05. The van der Waals surface area contributed by atoms with E-state index in [4.69, 9.17) is 4.74 Å². The number of benzene rings is 1. The van der Waals surface area contributed by atoms with E-state index in [2.05, 4.69) is 5.32 Å². The first-order valence-electron chi connectivity index (χ1n) is 6.99. The van der Waals surface area contributed by atoms with Crippen LogP contribution >= 0.6 is 0 Å². The van der Waals surface area contributed by atoms with Crippen molar-refractivity contribution in [2.75, 3.05) is 20.3 Å². The Labute approximate surface area is 120 Å². The van der Waals surface area contributed by atoms with Crippen LogP contribution in [-0.2, 0) is 9.53 Å². The third-order valence-corrected chi connectivity index (χ3v) is 3.05. The van der Waals surface area contributed by atoms with Gasteiger partial charge in [-0.2, -0.15) is 0 Å².